The SMILES string of the molecule is CS(=O)(=O)c1ccc(C(=O)NC2CCC[C@@H]2N2CCC(Cc3ccc(Cl)cc3)CC2)cc1. The van der Waals surface area contributed by atoms with Crippen LogP contribution in [0, 0.1) is 5.92 Å². The van der Waals surface area contributed by atoms with Crippen LogP contribution in [0.3, 0.4) is 0 Å². The molecule has 2 aromatic carbocycles. The van der Waals surface area contributed by atoms with Crippen LogP contribution in [0.4, 0.5) is 0 Å². The van der Waals surface area contributed by atoms with Crippen molar-refractivity contribution in [1.82, 2.24) is 10.2 Å². The molecule has 172 valence electrons. The smallest absolute Gasteiger partial charge is 0.251 e. The van der Waals surface area contributed by atoms with Crippen LogP contribution in [0.15, 0.2) is 53.4 Å². The van der Waals surface area contributed by atoms with Crippen molar-refractivity contribution in [1.29, 1.82) is 0 Å². The van der Waals surface area contributed by atoms with Crippen molar-refractivity contribution in [3.05, 3.63) is 64.7 Å². The molecule has 4 rings (SSSR count). The first-order valence-corrected chi connectivity index (χ1v) is 13.7. The summed E-state index contributed by atoms with van der Waals surface area (Å²) < 4.78 is 23.3. The summed E-state index contributed by atoms with van der Waals surface area (Å²) in [5, 5.41) is 4.00. The zero-order chi connectivity index (χ0) is 22.7. The van der Waals surface area contributed by atoms with Gasteiger partial charge >= 0.3 is 0 Å². The van der Waals surface area contributed by atoms with Crippen LogP contribution in [-0.4, -0.2) is 50.7 Å². The number of piperidine rings is 1. The standard InChI is InChI=1S/C25H31ClN2O3S/c1-32(30,31)22-11-7-20(8-12-22)25(29)27-23-3-2-4-24(23)28-15-13-19(14-16-28)17-18-5-9-21(26)10-6-18/h5-12,19,23-24H,2-4,13-17H2,1H3,(H,27,29)/t23?,24-/m0/s1. The van der Waals surface area contributed by atoms with Crippen molar-refractivity contribution < 1.29 is 13.2 Å². The predicted octanol–water partition coefficient (Wildman–Crippen LogP) is 4.35. The van der Waals surface area contributed by atoms with E-state index in [4.69, 9.17) is 11.6 Å². The van der Waals surface area contributed by atoms with Crippen molar-refractivity contribution in [2.45, 2.75) is 55.5 Å². The zero-order valence-corrected chi connectivity index (χ0v) is 20.0. The van der Waals surface area contributed by atoms with E-state index in [1.54, 1.807) is 12.1 Å². The third-order valence-corrected chi connectivity index (χ3v) is 8.28. The van der Waals surface area contributed by atoms with E-state index in [-0.39, 0.29) is 16.8 Å². The Balaban J connectivity index is 1.31. The van der Waals surface area contributed by atoms with Crippen LogP contribution in [0.2, 0.25) is 5.02 Å². The molecule has 7 heteroatoms. The van der Waals surface area contributed by atoms with Crippen LogP contribution < -0.4 is 5.32 Å². The lowest BCUT2D eigenvalue weighted by Gasteiger charge is -2.38. The van der Waals surface area contributed by atoms with E-state index in [0.29, 0.717) is 17.5 Å². The third-order valence-electron chi connectivity index (χ3n) is 6.90. The van der Waals surface area contributed by atoms with Gasteiger partial charge in [-0.05, 0) is 99.5 Å². The monoisotopic (exact) mass is 474 g/mol. The number of nitrogens with zero attached hydrogens (tertiary/aromatic N) is 1. The molecule has 1 saturated carbocycles. The van der Waals surface area contributed by atoms with E-state index < -0.39 is 9.84 Å². The summed E-state index contributed by atoms with van der Waals surface area (Å²) in [6, 6.07) is 14.9. The molecule has 0 radical (unpaired) electrons. The van der Waals surface area contributed by atoms with Crippen molar-refractivity contribution >= 4 is 27.3 Å². The van der Waals surface area contributed by atoms with E-state index in [1.165, 1.54) is 36.8 Å². The van der Waals surface area contributed by atoms with Crippen LogP contribution in [0.25, 0.3) is 0 Å². The highest BCUT2D eigenvalue weighted by Crippen LogP contribution is 2.30. The molecule has 32 heavy (non-hydrogen) atoms. The topological polar surface area (TPSA) is 66.5 Å². The largest absolute Gasteiger partial charge is 0.348 e. The first-order valence-electron chi connectivity index (χ1n) is 11.4. The summed E-state index contributed by atoms with van der Waals surface area (Å²) in [5.41, 5.74) is 1.85. The minimum atomic E-state index is -3.26. The number of hydrogen-bond acceptors (Lipinski definition) is 4. The maximum Gasteiger partial charge on any atom is 0.251 e. The Kier molecular flexibility index (Phi) is 7.23. The van der Waals surface area contributed by atoms with Crippen molar-refractivity contribution in [2.75, 3.05) is 19.3 Å². The van der Waals surface area contributed by atoms with Crippen molar-refractivity contribution in [3.63, 3.8) is 0 Å². The summed E-state index contributed by atoms with van der Waals surface area (Å²) in [7, 11) is -3.26. The van der Waals surface area contributed by atoms with Gasteiger partial charge in [-0.15, -0.1) is 0 Å². The molecule has 5 nitrogen and oxygen atoms in total. The van der Waals surface area contributed by atoms with Gasteiger partial charge in [-0.3, -0.25) is 9.69 Å². The Morgan fingerprint density at radius 1 is 1.00 bits per heavy atom. The Bertz CT molecular complexity index is 1030. The highest BCUT2D eigenvalue weighted by molar-refractivity contribution is 7.90. The van der Waals surface area contributed by atoms with Gasteiger partial charge in [0.1, 0.15) is 0 Å². The molecule has 0 bridgehead atoms. The molecule has 1 saturated heterocycles. The fourth-order valence-corrected chi connectivity index (χ4v) is 5.85. The van der Waals surface area contributed by atoms with Gasteiger partial charge in [-0.2, -0.15) is 0 Å². The molecule has 2 aromatic rings. The Morgan fingerprint density at radius 2 is 1.66 bits per heavy atom. The van der Waals surface area contributed by atoms with Crippen LogP contribution in [0.5, 0.6) is 0 Å². The Morgan fingerprint density at radius 3 is 2.28 bits per heavy atom. The minimum Gasteiger partial charge on any atom is -0.348 e. The number of likely N-dealkylation sites (tertiary alicyclic amines) is 1. The number of carbonyl (C=O) groups is 1. The van der Waals surface area contributed by atoms with Gasteiger partial charge in [0.15, 0.2) is 9.84 Å². The second-order valence-electron chi connectivity index (χ2n) is 9.18. The summed E-state index contributed by atoms with van der Waals surface area (Å²) in [5.74, 6) is 0.565. The van der Waals surface area contributed by atoms with Crippen LogP contribution in [0.1, 0.15) is 48.0 Å². The van der Waals surface area contributed by atoms with Crippen molar-refractivity contribution in [2.24, 2.45) is 5.92 Å². The molecule has 1 amide bonds. The highest BCUT2D eigenvalue weighted by atomic mass is 35.5. The quantitative estimate of drug-likeness (QED) is 0.675. The average Bonchev–Trinajstić information content (AvgIpc) is 3.23. The Hall–Kier alpha value is -1.89. The molecule has 1 aliphatic heterocycles. The summed E-state index contributed by atoms with van der Waals surface area (Å²) in [4.78, 5) is 15.6. The molecule has 1 unspecified atom stereocenters. The number of sulfone groups is 1. The first kappa shape index (κ1) is 23.3. The minimum absolute atomic E-state index is 0.125. The van der Waals surface area contributed by atoms with Gasteiger partial charge < -0.3 is 5.32 Å². The number of halogens is 1. The maximum atomic E-state index is 12.8. The molecule has 1 aliphatic carbocycles. The van der Waals surface area contributed by atoms with Gasteiger partial charge in [0.05, 0.1) is 4.90 Å². The number of nitrogens with one attached hydrogen (secondary N) is 1. The van der Waals surface area contributed by atoms with E-state index in [2.05, 4.69) is 22.3 Å². The van der Waals surface area contributed by atoms with E-state index >= 15 is 0 Å². The van der Waals surface area contributed by atoms with E-state index in [9.17, 15) is 13.2 Å². The third kappa shape index (κ3) is 5.72. The lowest BCUT2D eigenvalue weighted by Crippen LogP contribution is -2.51. The molecule has 1 N–H and O–H groups in total. The number of rotatable bonds is 6. The maximum absolute atomic E-state index is 12.8. The average molecular weight is 475 g/mol. The summed E-state index contributed by atoms with van der Waals surface area (Å²) in [6.07, 6.45) is 7.83. The molecule has 1 heterocycles. The summed E-state index contributed by atoms with van der Waals surface area (Å²) in [6.45, 7) is 2.14. The second kappa shape index (κ2) is 9.94. The van der Waals surface area contributed by atoms with Gasteiger partial charge in [-0.25, -0.2) is 8.42 Å². The lowest BCUT2D eigenvalue weighted by atomic mass is 9.89. The molecular formula is C25H31ClN2O3S. The van der Waals surface area contributed by atoms with Crippen molar-refractivity contribution in [3.8, 4) is 0 Å². The predicted molar refractivity (Wildman–Crippen MR) is 128 cm³/mol. The number of hydrogen-bond donors (Lipinski definition) is 1. The number of benzene rings is 2. The fourth-order valence-electron chi connectivity index (χ4n) is 5.09. The second-order valence-corrected chi connectivity index (χ2v) is 11.6. The molecular weight excluding hydrogens is 444 g/mol. The number of carbonyl (C=O) groups excluding carboxylic acids is 1. The zero-order valence-electron chi connectivity index (χ0n) is 18.5. The van der Waals surface area contributed by atoms with E-state index in [0.717, 1.165) is 43.8 Å². The lowest BCUT2D eigenvalue weighted by molar-refractivity contribution is 0.0862. The fraction of sp³-hybridized carbons (Fsp3) is 0.480. The molecule has 0 spiro atoms. The highest BCUT2D eigenvalue weighted by Gasteiger charge is 2.35. The van der Waals surface area contributed by atoms with Crippen LogP contribution >= 0.6 is 11.6 Å². The van der Waals surface area contributed by atoms with Gasteiger partial charge in [0.25, 0.3) is 5.91 Å². The van der Waals surface area contributed by atoms with Gasteiger partial charge in [0, 0.05) is 28.9 Å². The summed E-state index contributed by atoms with van der Waals surface area (Å²) >= 11 is 6.00. The van der Waals surface area contributed by atoms with E-state index in [1.807, 2.05) is 12.1 Å². The first-order chi connectivity index (χ1) is 15.3. The van der Waals surface area contributed by atoms with Gasteiger partial charge in [-0.1, -0.05) is 23.7 Å². The normalized spacial score (nSPS) is 22.7. The molecule has 0 aromatic heterocycles. The molecule has 2 aliphatic rings. The molecule has 2 atom stereocenters. The van der Waals surface area contributed by atoms with Gasteiger partial charge in [0.2, 0.25) is 0 Å². The van der Waals surface area contributed by atoms with Crippen LogP contribution in [-0.2, 0) is 16.3 Å². The Labute approximate surface area is 196 Å². The number of amides is 1. The molecule has 2 fully saturated rings.